The van der Waals surface area contributed by atoms with Gasteiger partial charge in [-0.2, -0.15) is 0 Å². The van der Waals surface area contributed by atoms with Crippen molar-refractivity contribution in [2.24, 2.45) is 0 Å². The first kappa shape index (κ1) is 10.4. The van der Waals surface area contributed by atoms with E-state index >= 15 is 0 Å². The number of anilines is 1. The molecule has 1 heterocycles. The van der Waals surface area contributed by atoms with Gasteiger partial charge in [0.2, 0.25) is 5.88 Å². The number of nitrogen functional groups attached to an aromatic ring is 1. The number of ether oxygens (including phenoxy) is 1. The lowest BCUT2D eigenvalue weighted by atomic mass is 10.2. The van der Waals surface area contributed by atoms with Crippen LogP contribution in [0.5, 0.6) is 11.6 Å². The van der Waals surface area contributed by atoms with Crippen LogP contribution < -0.4 is 10.5 Å². The normalized spacial score (nSPS) is 10.1. The molecule has 0 fully saturated rings. The summed E-state index contributed by atoms with van der Waals surface area (Å²) in [5, 5.41) is 7.53. The molecule has 4 nitrogen and oxygen atoms in total. The van der Waals surface area contributed by atoms with E-state index in [1.54, 1.807) is 12.1 Å². The van der Waals surface area contributed by atoms with Gasteiger partial charge in [-0.15, -0.1) is 10.2 Å². The van der Waals surface area contributed by atoms with Gasteiger partial charge in [0.05, 0.1) is 0 Å². The maximum atomic E-state index is 5.50. The number of aryl methyl sites for hydroxylation is 1. The molecule has 0 aliphatic heterocycles. The van der Waals surface area contributed by atoms with Crippen LogP contribution in [0.1, 0.15) is 12.5 Å². The van der Waals surface area contributed by atoms with E-state index < -0.39 is 0 Å². The summed E-state index contributed by atoms with van der Waals surface area (Å²) < 4.78 is 5.50. The molecule has 2 N–H and O–H groups in total. The molecule has 0 amide bonds. The second-order valence-corrected chi connectivity index (χ2v) is 3.40. The van der Waals surface area contributed by atoms with Crippen LogP contribution in [0.25, 0.3) is 0 Å². The van der Waals surface area contributed by atoms with Gasteiger partial charge < -0.3 is 10.5 Å². The van der Waals surface area contributed by atoms with Gasteiger partial charge in [0, 0.05) is 6.07 Å². The van der Waals surface area contributed by atoms with Crippen molar-refractivity contribution in [3.8, 4) is 11.6 Å². The Morgan fingerprint density at radius 3 is 2.38 bits per heavy atom. The molecule has 1 aromatic heterocycles. The topological polar surface area (TPSA) is 61.0 Å². The summed E-state index contributed by atoms with van der Waals surface area (Å²) in [5.74, 6) is 1.57. The molecule has 16 heavy (non-hydrogen) atoms. The highest BCUT2D eigenvalue weighted by atomic mass is 16.5. The average molecular weight is 215 g/mol. The molecule has 0 bridgehead atoms. The Labute approximate surface area is 94.1 Å². The van der Waals surface area contributed by atoms with E-state index in [0.717, 1.165) is 12.2 Å². The first-order valence-electron chi connectivity index (χ1n) is 5.14. The van der Waals surface area contributed by atoms with Gasteiger partial charge in [0.1, 0.15) is 11.6 Å². The van der Waals surface area contributed by atoms with Crippen molar-refractivity contribution >= 4 is 5.82 Å². The quantitative estimate of drug-likeness (QED) is 0.854. The van der Waals surface area contributed by atoms with Crippen LogP contribution in [0.4, 0.5) is 5.82 Å². The van der Waals surface area contributed by atoms with E-state index in [9.17, 15) is 0 Å². The third-order valence-corrected chi connectivity index (χ3v) is 2.21. The van der Waals surface area contributed by atoms with Crippen molar-refractivity contribution in [1.82, 2.24) is 10.2 Å². The second-order valence-electron chi connectivity index (χ2n) is 3.40. The fourth-order valence-electron chi connectivity index (χ4n) is 1.30. The van der Waals surface area contributed by atoms with Crippen LogP contribution in [-0.4, -0.2) is 10.2 Å². The number of hydrogen-bond donors (Lipinski definition) is 1. The number of benzene rings is 1. The van der Waals surface area contributed by atoms with Crippen molar-refractivity contribution in [3.05, 3.63) is 42.0 Å². The Kier molecular flexibility index (Phi) is 3.00. The summed E-state index contributed by atoms with van der Waals surface area (Å²) >= 11 is 0. The zero-order valence-electron chi connectivity index (χ0n) is 9.05. The molecular formula is C12H13N3O. The van der Waals surface area contributed by atoms with Crippen molar-refractivity contribution in [3.63, 3.8) is 0 Å². The third-order valence-electron chi connectivity index (χ3n) is 2.21. The maximum absolute atomic E-state index is 5.50. The molecular weight excluding hydrogens is 202 g/mol. The fourth-order valence-corrected chi connectivity index (χ4v) is 1.30. The minimum atomic E-state index is 0.383. The van der Waals surface area contributed by atoms with Gasteiger partial charge in [-0.3, -0.25) is 0 Å². The predicted molar refractivity (Wildman–Crippen MR) is 62.3 cm³/mol. The van der Waals surface area contributed by atoms with Crippen LogP contribution >= 0.6 is 0 Å². The van der Waals surface area contributed by atoms with Gasteiger partial charge in [-0.05, 0) is 30.2 Å². The molecule has 0 radical (unpaired) electrons. The first-order valence-corrected chi connectivity index (χ1v) is 5.14. The van der Waals surface area contributed by atoms with Crippen molar-refractivity contribution < 1.29 is 4.74 Å². The van der Waals surface area contributed by atoms with E-state index in [1.165, 1.54) is 5.56 Å². The molecule has 0 saturated heterocycles. The van der Waals surface area contributed by atoms with E-state index in [1.807, 2.05) is 24.3 Å². The molecule has 2 aromatic rings. The largest absolute Gasteiger partial charge is 0.438 e. The molecule has 1 aromatic carbocycles. The third kappa shape index (κ3) is 2.48. The Hall–Kier alpha value is -2.10. The second kappa shape index (κ2) is 4.61. The number of rotatable bonds is 3. The Bertz CT molecular complexity index is 451. The molecule has 82 valence electrons. The molecule has 0 atom stereocenters. The van der Waals surface area contributed by atoms with Gasteiger partial charge in [0.25, 0.3) is 0 Å². The minimum absolute atomic E-state index is 0.383. The Balaban J connectivity index is 2.11. The molecule has 0 aliphatic rings. The van der Waals surface area contributed by atoms with Crippen LogP contribution in [0.2, 0.25) is 0 Å². The zero-order chi connectivity index (χ0) is 11.4. The standard InChI is InChI=1S/C12H13N3O/c1-2-9-3-5-10(6-4-9)16-12-8-7-11(13)14-15-12/h3-8H,2H2,1H3,(H2,13,14). The molecule has 0 unspecified atom stereocenters. The number of nitrogens with zero attached hydrogens (tertiary/aromatic N) is 2. The van der Waals surface area contributed by atoms with Crippen LogP contribution in [0.3, 0.4) is 0 Å². The summed E-state index contributed by atoms with van der Waals surface area (Å²) in [4.78, 5) is 0. The van der Waals surface area contributed by atoms with E-state index in [2.05, 4.69) is 17.1 Å². The fraction of sp³-hybridized carbons (Fsp3) is 0.167. The number of nitrogens with two attached hydrogens (primary N) is 1. The lowest BCUT2D eigenvalue weighted by Crippen LogP contribution is -1.94. The van der Waals surface area contributed by atoms with Crippen LogP contribution in [0, 0.1) is 0 Å². The van der Waals surface area contributed by atoms with Gasteiger partial charge in [-0.25, -0.2) is 0 Å². The van der Waals surface area contributed by atoms with Crippen LogP contribution in [0.15, 0.2) is 36.4 Å². The average Bonchev–Trinajstić information content (AvgIpc) is 2.33. The highest BCUT2D eigenvalue weighted by Crippen LogP contribution is 2.19. The molecule has 0 aliphatic carbocycles. The molecule has 0 spiro atoms. The van der Waals surface area contributed by atoms with E-state index in [4.69, 9.17) is 10.5 Å². The van der Waals surface area contributed by atoms with Crippen LogP contribution in [-0.2, 0) is 6.42 Å². The number of aromatic nitrogens is 2. The maximum Gasteiger partial charge on any atom is 0.238 e. The van der Waals surface area contributed by atoms with Gasteiger partial charge in [-0.1, -0.05) is 19.1 Å². The highest BCUT2D eigenvalue weighted by Gasteiger charge is 1.99. The van der Waals surface area contributed by atoms with E-state index in [-0.39, 0.29) is 0 Å². The Morgan fingerprint density at radius 2 is 1.81 bits per heavy atom. The monoisotopic (exact) mass is 215 g/mol. The smallest absolute Gasteiger partial charge is 0.238 e. The highest BCUT2D eigenvalue weighted by molar-refractivity contribution is 5.32. The van der Waals surface area contributed by atoms with E-state index in [0.29, 0.717) is 11.7 Å². The van der Waals surface area contributed by atoms with Crippen molar-refractivity contribution in [1.29, 1.82) is 0 Å². The number of hydrogen-bond acceptors (Lipinski definition) is 4. The summed E-state index contributed by atoms with van der Waals surface area (Å²) in [5.41, 5.74) is 6.70. The summed E-state index contributed by atoms with van der Waals surface area (Å²) in [6.45, 7) is 2.11. The lowest BCUT2D eigenvalue weighted by Gasteiger charge is -2.04. The minimum Gasteiger partial charge on any atom is -0.438 e. The molecule has 2 rings (SSSR count). The summed E-state index contributed by atoms with van der Waals surface area (Å²) in [6.07, 6.45) is 1.02. The zero-order valence-corrected chi connectivity index (χ0v) is 9.05. The SMILES string of the molecule is CCc1ccc(Oc2ccc(N)nn2)cc1. The van der Waals surface area contributed by atoms with Gasteiger partial charge in [0.15, 0.2) is 0 Å². The van der Waals surface area contributed by atoms with Gasteiger partial charge >= 0.3 is 0 Å². The molecule has 0 saturated carbocycles. The van der Waals surface area contributed by atoms with Crippen molar-refractivity contribution in [2.45, 2.75) is 13.3 Å². The Morgan fingerprint density at radius 1 is 1.06 bits per heavy atom. The molecule has 4 heteroatoms. The predicted octanol–water partition coefficient (Wildman–Crippen LogP) is 2.41. The summed E-state index contributed by atoms with van der Waals surface area (Å²) in [6, 6.07) is 11.2. The lowest BCUT2D eigenvalue weighted by molar-refractivity contribution is 0.455. The summed E-state index contributed by atoms with van der Waals surface area (Å²) in [7, 11) is 0. The van der Waals surface area contributed by atoms with Crippen molar-refractivity contribution in [2.75, 3.05) is 5.73 Å². The first-order chi connectivity index (χ1) is 7.78.